The van der Waals surface area contributed by atoms with Gasteiger partial charge in [-0.15, -0.1) is 0 Å². The Morgan fingerprint density at radius 3 is 1.17 bits per heavy atom. The van der Waals surface area contributed by atoms with Crippen molar-refractivity contribution in [2.45, 2.75) is 30.4 Å². The minimum Gasteiger partial charge on any atom is -0.478 e. The molecule has 0 unspecified atom stereocenters. The predicted molar refractivity (Wildman–Crippen MR) is 47.3 cm³/mol. The van der Waals surface area contributed by atoms with Crippen LogP contribution in [0.15, 0.2) is 12.2 Å². The monoisotopic (exact) mass is 390 g/mol. The summed E-state index contributed by atoms with van der Waals surface area (Å²) in [6.45, 7) is 0. The molecule has 0 saturated heterocycles. The normalized spacial score (nSPS) is 15.9. The van der Waals surface area contributed by atoms with Gasteiger partial charge in [-0.3, -0.25) is 0 Å². The first-order valence-corrected chi connectivity index (χ1v) is 5.05. The van der Waals surface area contributed by atoms with Crippen molar-refractivity contribution in [3.05, 3.63) is 12.2 Å². The van der Waals surface area contributed by atoms with E-state index < -0.39 is 53.9 Å². The minimum atomic E-state index is -7.86. The highest BCUT2D eigenvalue weighted by Crippen LogP contribution is 2.65. The molecule has 0 spiro atoms. The lowest BCUT2D eigenvalue weighted by Crippen LogP contribution is -2.69. The summed E-state index contributed by atoms with van der Waals surface area (Å²) in [4.78, 5) is 10.00. The first kappa shape index (κ1) is 22.3. The van der Waals surface area contributed by atoms with E-state index in [4.69, 9.17) is 5.11 Å². The van der Waals surface area contributed by atoms with Gasteiger partial charge < -0.3 is 5.11 Å². The molecule has 0 aromatic heterocycles. The van der Waals surface area contributed by atoms with Gasteiger partial charge in [0, 0.05) is 6.08 Å². The lowest BCUT2D eigenvalue weighted by molar-refractivity contribution is -0.446. The summed E-state index contributed by atoms with van der Waals surface area (Å²) in [6, 6.07) is 0. The molecule has 0 fully saturated rings. The third-order valence-electron chi connectivity index (χ3n) is 2.62. The van der Waals surface area contributed by atoms with Gasteiger partial charge in [-0.1, -0.05) is 0 Å². The molecule has 15 heteroatoms. The zero-order chi connectivity index (χ0) is 20.0. The molecular weight excluding hydrogens is 387 g/mol. The van der Waals surface area contributed by atoms with E-state index in [9.17, 15) is 61.9 Å². The van der Waals surface area contributed by atoms with Gasteiger partial charge in [0.1, 0.15) is 0 Å². The van der Waals surface area contributed by atoms with Crippen molar-refractivity contribution < 1.29 is 67.0 Å². The largest absolute Gasteiger partial charge is 0.478 e. The molecule has 0 aromatic rings. The van der Waals surface area contributed by atoms with Crippen molar-refractivity contribution in [3.8, 4) is 0 Å². The van der Waals surface area contributed by atoms with Crippen molar-refractivity contribution in [2.24, 2.45) is 5.41 Å². The molecule has 1 N–H and O–H groups in total. The lowest BCUT2D eigenvalue weighted by Gasteiger charge is -2.43. The van der Waals surface area contributed by atoms with Gasteiger partial charge >= 0.3 is 36.3 Å². The van der Waals surface area contributed by atoms with Crippen LogP contribution in [0.2, 0.25) is 0 Å². The molecule has 0 aliphatic carbocycles. The molecule has 0 amide bonds. The molecule has 0 rings (SSSR count). The van der Waals surface area contributed by atoms with Gasteiger partial charge in [0.2, 0.25) is 5.41 Å². The molecule has 0 aliphatic rings. The highest BCUT2D eigenvalue weighted by molar-refractivity contribution is 5.80. The van der Waals surface area contributed by atoms with E-state index in [1.54, 1.807) is 0 Å². The Morgan fingerprint density at radius 2 is 0.958 bits per heavy atom. The van der Waals surface area contributed by atoms with Crippen LogP contribution < -0.4 is 0 Å². The zero-order valence-corrected chi connectivity index (χ0v) is 10.4. The summed E-state index contributed by atoms with van der Waals surface area (Å²) in [5, 5.41) is 7.96. The van der Waals surface area contributed by atoms with Crippen LogP contribution in [0.3, 0.4) is 0 Å². The van der Waals surface area contributed by atoms with Crippen LogP contribution in [-0.4, -0.2) is 41.4 Å². The maximum atomic E-state index is 13.3. The Labute approximate surface area is 122 Å². The van der Waals surface area contributed by atoms with Crippen molar-refractivity contribution >= 4 is 5.97 Å². The molecule has 0 aromatic carbocycles. The quantitative estimate of drug-likeness (QED) is 0.564. The van der Waals surface area contributed by atoms with E-state index in [2.05, 4.69) is 0 Å². The van der Waals surface area contributed by atoms with Gasteiger partial charge in [0.05, 0.1) is 0 Å². The van der Waals surface area contributed by atoms with Gasteiger partial charge in [-0.25, -0.2) is 4.79 Å². The standard InChI is InChI=1S/C9H3F13O2/c10-5(11,6(12,13)9(20,21)22)4(7(14,15)16,8(17,18)19)2-1-3(23)24/h1-2H,(H,23,24)/b2-1+. The molecule has 24 heavy (non-hydrogen) atoms. The van der Waals surface area contributed by atoms with Crippen LogP contribution in [0.4, 0.5) is 57.1 Å². The number of hydrogen-bond donors (Lipinski definition) is 1. The topological polar surface area (TPSA) is 37.3 Å². The van der Waals surface area contributed by atoms with E-state index in [-0.39, 0.29) is 0 Å². The average Bonchev–Trinajstić information content (AvgIpc) is 2.22. The van der Waals surface area contributed by atoms with Crippen molar-refractivity contribution in [3.63, 3.8) is 0 Å². The summed E-state index contributed by atoms with van der Waals surface area (Å²) in [6.07, 6.45) is -25.7. The Morgan fingerprint density at radius 1 is 0.625 bits per heavy atom. The van der Waals surface area contributed by atoms with Crippen LogP contribution in [0, 0.1) is 5.41 Å². The van der Waals surface area contributed by atoms with Crippen LogP contribution in [0.1, 0.15) is 0 Å². The summed E-state index contributed by atoms with van der Waals surface area (Å²) in [5.74, 6) is -18.4. The molecule has 0 radical (unpaired) electrons. The number of hydrogen-bond acceptors (Lipinski definition) is 1. The van der Waals surface area contributed by atoms with Gasteiger partial charge in [-0.05, 0) is 6.08 Å². The number of allylic oxidation sites excluding steroid dienone is 1. The Bertz CT molecular complexity index is 493. The Kier molecular flexibility index (Phi) is 5.28. The van der Waals surface area contributed by atoms with Crippen molar-refractivity contribution in [1.82, 2.24) is 0 Å². The van der Waals surface area contributed by atoms with E-state index in [0.29, 0.717) is 0 Å². The summed E-state index contributed by atoms with van der Waals surface area (Å²) >= 11 is 0. The Hall–Kier alpha value is -1.70. The third-order valence-corrected chi connectivity index (χ3v) is 2.62. The first-order valence-electron chi connectivity index (χ1n) is 5.05. The summed E-state index contributed by atoms with van der Waals surface area (Å²) < 4.78 is 163. The minimum absolute atomic E-state index is 1.26. The molecule has 0 atom stereocenters. The molecule has 142 valence electrons. The smallest absolute Gasteiger partial charge is 0.459 e. The number of alkyl halides is 13. The second kappa shape index (κ2) is 5.68. The fourth-order valence-corrected chi connectivity index (χ4v) is 1.43. The van der Waals surface area contributed by atoms with E-state index in [1.165, 1.54) is 0 Å². The fraction of sp³-hybridized carbons (Fsp3) is 0.667. The maximum absolute atomic E-state index is 13.3. The van der Waals surface area contributed by atoms with Crippen molar-refractivity contribution in [2.75, 3.05) is 0 Å². The zero-order valence-electron chi connectivity index (χ0n) is 10.4. The maximum Gasteiger partial charge on any atom is 0.459 e. The molecule has 0 saturated carbocycles. The molecule has 0 bridgehead atoms. The third kappa shape index (κ3) is 3.11. The molecular formula is C9H3F13O2. The number of carboxylic acids is 1. The fourth-order valence-electron chi connectivity index (χ4n) is 1.43. The van der Waals surface area contributed by atoms with E-state index in [1.807, 2.05) is 0 Å². The number of aliphatic carboxylic acids is 1. The van der Waals surface area contributed by atoms with Gasteiger partial charge in [0.15, 0.2) is 0 Å². The summed E-state index contributed by atoms with van der Waals surface area (Å²) in [5.41, 5.74) is -7.12. The van der Waals surface area contributed by atoms with Gasteiger partial charge in [-0.2, -0.15) is 57.1 Å². The second-order valence-electron chi connectivity index (χ2n) is 4.12. The molecule has 2 nitrogen and oxygen atoms in total. The van der Waals surface area contributed by atoms with Crippen LogP contribution in [-0.2, 0) is 4.79 Å². The van der Waals surface area contributed by atoms with Crippen LogP contribution in [0.25, 0.3) is 0 Å². The van der Waals surface area contributed by atoms with Crippen LogP contribution in [0.5, 0.6) is 0 Å². The predicted octanol–water partition coefficient (Wildman–Crippen LogP) is 4.57. The second-order valence-corrected chi connectivity index (χ2v) is 4.12. The first-order chi connectivity index (χ1) is 10.2. The van der Waals surface area contributed by atoms with Crippen LogP contribution >= 0.6 is 0 Å². The SMILES string of the molecule is O=C(O)/C=C/C(C(F)(F)F)(C(F)(F)F)C(F)(F)C(F)(F)C(F)(F)F. The van der Waals surface area contributed by atoms with E-state index in [0.717, 1.165) is 0 Å². The highest BCUT2D eigenvalue weighted by atomic mass is 19.4. The molecule has 0 aliphatic heterocycles. The molecule has 0 heterocycles. The number of carbonyl (C=O) groups is 1. The number of rotatable bonds is 4. The van der Waals surface area contributed by atoms with Crippen molar-refractivity contribution in [1.29, 1.82) is 0 Å². The lowest BCUT2D eigenvalue weighted by atomic mass is 9.75. The summed E-state index contributed by atoms with van der Waals surface area (Å²) in [7, 11) is 0. The highest BCUT2D eigenvalue weighted by Gasteiger charge is 2.91. The Balaban J connectivity index is 7.02. The number of carboxylic acid groups (broad SMARTS) is 1. The van der Waals surface area contributed by atoms with Gasteiger partial charge in [0.25, 0.3) is 0 Å². The number of halogens is 13. The van der Waals surface area contributed by atoms with E-state index >= 15 is 0 Å². The average molecular weight is 390 g/mol.